The van der Waals surface area contributed by atoms with E-state index in [0.717, 1.165) is 22.5 Å². The van der Waals surface area contributed by atoms with E-state index in [1.165, 1.54) is 13.1 Å². The average Bonchev–Trinajstić information content (AvgIpc) is 2.66. The van der Waals surface area contributed by atoms with Crippen LogP contribution in [0.5, 0.6) is 0 Å². The smallest absolute Gasteiger partial charge is 0.257 e. The van der Waals surface area contributed by atoms with Gasteiger partial charge < -0.3 is 10.6 Å². The van der Waals surface area contributed by atoms with Crippen molar-refractivity contribution in [1.82, 2.24) is 4.98 Å². The molecule has 27 heavy (non-hydrogen) atoms. The van der Waals surface area contributed by atoms with Gasteiger partial charge in [0.1, 0.15) is 5.82 Å². The monoisotopic (exact) mass is 359 g/mol. The van der Waals surface area contributed by atoms with Gasteiger partial charge in [-0.3, -0.25) is 9.59 Å². The molecule has 0 atom stereocenters. The summed E-state index contributed by atoms with van der Waals surface area (Å²) in [6.45, 7) is 5.52. The minimum absolute atomic E-state index is 0.0267. The van der Waals surface area contributed by atoms with E-state index >= 15 is 0 Å². The van der Waals surface area contributed by atoms with Crippen LogP contribution in [0.2, 0.25) is 0 Å². The number of Topliss-reactive ketones (excluding diaryl/α,β-unsaturated/α-hetero) is 1. The Balaban J connectivity index is 1.68. The topological polar surface area (TPSA) is 71.1 Å². The predicted octanol–water partition coefficient (Wildman–Crippen LogP) is 4.90. The molecule has 0 fully saturated rings. The number of hydrogen-bond donors (Lipinski definition) is 2. The fourth-order valence-electron chi connectivity index (χ4n) is 2.62. The molecule has 0 radical (unpaired) electrons. The molecule has 1 heterocycles. The minimum atomic E-state index is -0.200. The van der Waals surface area contributed by atoms with Crippen molar-refractivity contribution in [3.63, 3.8) is 0 Å². The third-order valence-corrected chi connectivity index (χ3v) is 4.44. The third kappa shape index (κ3) is 4.39. The van der Waals surface area contributed by atoms with Gasteiger partial charge in [0.05, 0.1) is 5.56 Å². The van der Waals surface area contributed by atoms with Gasteiger partial charge in [-0.05, 0) is 74.4 Å². The number of hydrogen-bond acceptors (Lipinski definition) is 4. The fraction of sp³-hybridized carbons (Fsp3) is 0.136. The standard InChI is InChI=1S/C22H21N3O2/c1-14-5-4-6-20(15(14)2)25-22(27)18-9-12-21(23-13-18)24-19-10-7-17(8-11-19)16(3)26/h4-13H,1-3H3,(H,23,24)(H,25,27). The molecule has 0 spiro atoms. The molecule has 136 valence electrons. The van der Waals surface area contributed by atoms with E-state index < -0.39 is 0 Å². The normalized spacial score (nSPS) is 10.3. The maximum atomic E-state index is 12.4. The molecular weight excluding hydrogens is 338 g/mol. The van der Waals surface area contributed by atoms with Gasteiger partial charge in [0, 0.05) is 23.1 Å². The van der Waals surface area contributed by atoms with Crippen molar-refractivity contribution in [2.24, 2.45) is 0 Å². The van der Waals surface area contributed by atoms with Crippen molar-refractivity contribution in [2.45, 2.75) is 20.8 Å². The molecular formula is C22H21N3O2. The van der Waals surface area contributed by atoms with Crippen LogP contribution < -0.4 is 10.6 Å². The number of carbonyl (C=O) groups excluding carboxylic acids is 2. The molecule has 2 aromatic carbocycles. The lowest BCUT2D eigenvalue weighted by Crippen LogP contribution is -2.13. The Morgan fingerprint density at radius 3 is 2.22 bits per heavy atom. The molecule has 3 rings (SSSR count). The number of nitrogens with zero attached hydrogens (tertiary/aromatic N) is 1. The molecule has 0 aliphatic carbocycles. The van der Waals surface area contributed by atoms with Crippen LogP contribution in [0.25, 0.3) is 0 Å². The van der Waals surface area contributed by atoms with Gasteiger partial charge in [-0.2, -0.15) is 0 Å². The van der Waals surface area contributed by atoms with Crippen molar-refractivity contribution < 1.29 is 9.59 Å². The maximum absolute atomic E-state index is 12.4. The lowest BCUT2D eigenvalue weighted by molar-refractivity contribution is 0.101. The molecule has 0 aliphatic rings. The van der Waals surface area contributed by atoms with Crippen LogP contribution in [-0.4, -0.2) is 16.7 Å². The molecule has 5 nitrogen and oxygen atoms in total. The summed E-state index contributed by atoms with van der Waals surface area (Å²) in [5, 5.41) is 6.07. The van der Waals surface area contributed by atoms with E-state index in [2.05, 4.69) is 15.6 Å². The quantitative estimate of drug-likeness (QED) is 0.636. The van der Waals surface area contributed by atoms with Crippen LogP contribution >= 0.6 is 0 Å². The highest BCUT2D eigenvalue weighted by Crippen LogP contribution is 2.20. The van der Waals surface area contributed by atoms with Crippen molar-refractivity contribution in [2.75, 3.05) is 10.6 Å². The van der Waals surface area contributed by atoms with E-state index in [1.807, 2.05) is 44.2 Å². The number of pyridine rings is 1. The van der Waals surface area contributed by atoms with Crippen molar-refractivity contribution in [3.05, 3.63) is 83.0 Å². The minimum Gasteiger partial charge on any atom is -0.340 e. The third-order valence-electron chi connectivity index (χ3n) is 4.44. The van der Waals surface area contributed by atoms with Gasteiger partial charge in [-0.15, -0.1) is 0 Å². The van der Waals surface area contributed by atoms with Crippen LogP contribution in [0.4, 0.5) is 17.2 Å². The highest BCUT2D eigenvalue weighted by atomic mass is 16.1. The number of aryl methyl sites for hydroxylation is 1. The highest BCUT2D eigenvalue weighted by Gasteiger charge is 2.09. The predicted molar refractivity (Wildman–Crippen MR) is 108 cm³/mol. The molecule has 0 saturated heterocycles. The maximum Gasteiger partial charge on any atom is 0.257 e. The van der Waals surface area contributed by atoms with Crippen LogP contribution in [-0.2, 0) is 0 Å². The molecule has 3 aromatic rings. The number of rotatable bonds is 5. The Hall–Kier alpha value is -3.47. The van der Waals surface area contributed by atoms with Gasteiger partial charge in [0.2, 0.25) is 0 Å². The van der Waals surface area contributed by atoms with E-state index in [-0.39, 0.29) is 11.7 Å². The zero-order valence-corrected chi connectivity index (χ0v) is 15.5. The summed E-state index contributed by atoms with van der Waals surface area (Å²) < 4.78 is 0. The number of carbonyl (C=O) groups is 2. The number of aromatic nitrogens is 1. The first-order chi connectivity index (χ1) is 12.9. The second kappa shape index (κ2) is 7.83. The Morgan fingerprint density at radius 2 is 1.59 bits per heavy atom. The van der Waals surface area contributed by atoms with E-state index in [9.17, 15) is 9.59 Å². The summed E-state index contributed by atoms with van der Waals surface area (Å²) in [5.41, 5.74) is 4.93. The van der Waals surface area contributed by atoms with Crippen LogP contribution in [0.3, 0.4) is 0 Å². The van der Waals surface area contributed by atoms with Crippen LogP contribution in [0, 0.1) is 13.8 Å². The summed E-state index contributed by atoms with van der Waals surface area (Å²) in [5.74, 6) is 0.446. The number of ketones is 1. The molecule has 0 saturated carbocycles. The van der Waals surface area contributed by atoms with Crippen molar-refractivity contribution in [3.8, 4) is 0 Å². The zero-order chi connectivity index (χ0) is 19.4. The van der Waals surface area contributed by atoms with Crippen LogP contribution in [0.15, 0.2) is 60.8 Å². The first-order valence-corrected chi connectivity index (χ1v) is 8.65. The molecule has 1 amide bonds. The number of benzene rings is 2. The summed E-state index contributed by atoms with van der Waals surface area (Å²) in [6, 6.07) is 16.4. The van der Waals surface area contributed by atoms with Gasteiger partial charge >= 0.3 is 0 Å². The second-order valence-electron chi connectivity index (χ2n) is 6.39. The number of amides is 1. The summed E-state index contributed by atoms with van der Waals surface area (Å²) >= 11 is 0. The molecule has 0 bridgehead atoms. The van der Waals surface area contributed by atoms with E-state index in [0.29, 0.717) is 16.9 Å². The summed E-state index contributed by atoms with van der Waals surface area (Å²) in [7, 11) is 0. The first-order valence-electron chi connectivity index (χ1n) is 8.65. The molecule has 1 aromatic heterocycles. The Bertz CT molecular complexity index is 977. The molecule has 5 heteroatoms. The van der Waals surface area contributed by atoms with Crippen molar-refractivity contribution >= 4 is 28.9 Å². The zero-order valence-electron chi connectivity index (χ0n) is 15.5. The lowest BCUT2D eigenvalue weighted by atomic mass is 10.1. The average molecular weight is 359 g/mol. The first kappa shape index (κ1) is 18.3. The van der Waals surface area contributed by atoms with Crippen LogP contribution in [0.1, 0.15) is 38.8 Å². The van der Waals surface area contributed by atoms with Gasteiger partial charge in [0.25, 0.3) is 5.91 Å². The largest absolute Gasteiger partial charge is 0.340 e. The van der Waals surface area contributed by atoms with Crippen molar-refractivity contribution in [1.29, 1.82) is 0 Å². The Labute approximate surface area is 158 Å². The van der Waals surface area contributed by atoms with E-state index in [1.54, 1.807) is 24.3 Å². The highest BCUT2D eigenvalue weighted by molar-refractivity contribution is 6.04. The van der Waals surface area contributed by atoms with E-state index in [4.69, 9.17) is 0 Å². The molecule has 2 N–H and O–H groups in total. The summed E-state index contributed by atoms with van der Waals surface area (Å²) in [6.07, 6.45) is 1.53. The molecule has 0 aliphatic heterocycles. The second-order valence-corrected chi connectivity index (χ2v) is 6.39. The SMILES string of the molecule is CC(=O)c1ccc(Nc2ccc(C(=O)Nc3cccc(C)c3C)cn2)cc1. The van der Waals surface area contributed by atoms with Gasteiger partial charge in [-0.25, -0.2) is 4.98 Å². The Morgan fingerprint density at radius 1 is 0.889 bits per heavy atom. The van der Waals surface area contributed by atoms with Gasteiger partial charge in [0.15, 0.2) is 5.78 Å². The Kier molecular flexibility index (Phi) is 5.31. The number of nitrogens with one attached hydrogen (secondary N) is 2. The van der Waals surface area contributed by atoms with Gasteiger partial charge in [-0.1, -0.05) is 12.1 Å². The summed E-state index contributed by atoms with van der Waals surface area (Å²) in [4.78, 5) is 28.1. The fourth-order valence-corrected chi connectivity index (χ4v) is 2.62. The number of anilines is 3. The lowest BCUT2D eigenvalue weighted by Gasteiger charge is -2.11. The molecule has 0 unspecified atom stereocenters.